The van der Waals surface area contributed by atoms with Crippen molar-refractivity contribution in [2.45, 2.75) is 6.92 Å². The molecular weight excluding hydrogens is 244 g/mol. The topological polar surface area (TPSA) is 89.3 Å². The van der Waals surface area contributed by atoms with Gasteiger partial charge in [-0.25, -0.2) is 0 Å². The Hall–Kier alpha value is -2.69. The van der Waals surface area contributed by atoms with Crippen LogP contribution in [0.25, 0.3) is 5.57 Å². The molecule has 0 spiro atoms. The molecule has 0 aliphatic carbocycles. The van der Waals surface area contributed by atoms with Crippen LogP contribution >= 0.6 is 0 Å². The number of benzene rings is 1. The monoisotopic (exact) mass is 258 g/mol. The van der Waals surface area contributed by atoms with E-state index in [-0.39, 0.29) is 11.8 Å². The highest BCUT2D eigenvalue weighted by molar-refractivity contribution is 6.33. The Morgan fingerprint density at radius 1 is 1.21 bits per heavy atom. The Morgan fingerprint density at radius 3 is 2.11 bits per heavy atom. The number of amides is 3. The molecule has 0 fully saturated rings. The van der Waals surface area contributed by atoms with E-state index >= 15 is 0 Å². The quantitative estimate of drug-likeness (QED) is 0.606. The van der Waals surface area contributed by atoms with Gasteiger partial charge in [-0.05, 0) is 12.5 Å². The zero-order valence-electron chi connectivity index (χ0n) is 10.5. The van der Waals surface area contributed by atoms with Crippen molar-refractivity contribution in [2.24, 2.45) is 5.73 Å². The van der Waals surface area contributed by atoms with Crippen molar-refractivity contribution in [1.82, 2.24) is 5.32 Å². The fraction of sp³-hybridized carbons (Fsp3) is 0.0714. The number of hydrogen-bond acceptors (Lipinski definition) is 3. The van der Waals surface area contributed by atoms with Gasteiger partial charge in [0.1, 0.15) is 0 Å². The molecule has 0 unspecified atom stereocenters. The first kappa shape index (κ1) is 14.4. The number of hydrogen-bond donors (Lipinski definition) is 2. The molecule has 98 valence electrons. The minimum Gasteiger partial charge on any atom is -0.366 e. The second-order valence-electron chi connectivity index (χ2n) is 3.89. The molecule has 1 aliphatic heterocycles. The van der Waals surface area contributed by atoms with Crippen LogP contribution in [0.5, 0.6) is 0 Å². The summed E-state index contributed by atoms with van der Waals surface area (Å²) in [6.07, 6.45) is 1.32. The lowest BCUT2D eigenvalue weighted by Crippen LogP contribution is -2.21. The number of nitrogens with two attached hydrogens (primary N) is 1. The molecule has 1 heterocycles. The van der Waals surface area contributed by atoms with Gasteiger partial charge in [-0.1, -0.05) is 36.9 Å². The Kier molecular flexibility index (Phi) is 4.76. The molecular formula is C14H14N2O3. The van der Waals surface area contributed by atoms with E-state index in [1.165, 1.54) is 6.08 Å². The average Bonchev–Trinajstić information content (AvgIpc) is 2.70. The van der Waals surface area contributed by atoms with Crippen LogP contribution < -0.4 is 11.1 Å². The third-order valence-corrected chi connectivity index (χ3v) is 2.26. The van der Waals surface area contributed by atoms with Gasteiger partial charge in [0.05, 0.1) is 5.57 Å². The van der Waals surface area contributed by atoms with Crippen molar-refractivity contribution in [3.05, 3.63) is 54.1 Å². The average molecular weight is 258 g/mol. The van der Waals surface area contributed by atoms with Gasteiger partial charge < -0.3 is 5.73 Å². The Morgan fingerprint density at radius 2 is 1.74 bits per heavy atom. The first-order valence-electron chi connectivity index (χ1n) is 5.49. The van der Waals surface area contributed by atoms with E-state index in [0.29, 0.717) is 11.1 Å². The molecule has 0 saturated heterocycles. The fourth-order valence-electron chi connectivity index (χ4n) is 1.24. The van der Waals surface area contributed by atoms with E-state index in [1.807, 2.05) is 18.2 Å². The van der Waals surface area contributed by atoms with Crippen molar-refractivity contribution in [3.63, 3.8) is 0 Å². The minimum atomic E-state index is -0.435. The SMILES string of the molecule is C=C(C)C(N)=O.O=C1C=C(c2ccccc2)C(=O)N1. The molecule has 1 aromatic rings. The summed E-state index contributed by atoms with van der Waals surface area (Å²) >= 11 is 0. The number of nitrogens with one attached hydrogen (secondary N) is 1. The number of primary amides is 1. The van der Waals surface area contributed by atoms with Crippen LogP contribution in [0, 0.1) is 0 Å². The van der Waals surface area contributed by atoms with Crippen LogP contribution in [0.15, 0.2) is 48.6 Å². The van der Waals surface area contributed by atoms with Gasteiger partial charge in [-0.15, -0.1) is 0 Å². The zero-order chi connectivity index (χ0) is 14.4. The maximum absolute atomic E-state index is 11.2. The molecule has 0 aromatic heterocycles. The van der Waals surface area contributed by atoms with E-state index in [2.05, 4.69) is 11.9 Å². The summed E-state index contributed by atoms with van der Waals surface area (Å²) in [4.78, 5) is 31.8. The highest BCUT2D eigenvalue weighted by Crippen LogP contribution is 2.16. The molecule has 0 radical (unpaired) electrons. The summed E-state index contributed by atoms with van der Waals surface area (Å²) in [6.45, 7) is 4.85. The van der Waals surface area contributed by atoms with E-state index < -0.39 is 5.91 Å². The largest absolute Gasteiger partial charge is 0.366 e. The van der Waals surface area contributed by atoms with Crippen LogP contribution in [0.3, 0.4) is 0 Å². The standard InChI is InChI=1S/C10H7NO2.C4H7NO/c12-9-6-8(10(13)11-9)7-4-2-1-3-5-7;1-3(2)4(5)6/h1-6H,(H,11,12,13);1H2,2H3,(H2,5,6). The molecule has 0 saturated carbocycles. The molecule has 2 rings (SSSR count). The van der Waals surface area contributed by atoms with Crippen molar-refractivity contribution in [3.8, 4) is 0 Å². The van der Waals surface area contributed by atoms with E-state index in [0.717, 1.165) is 5.56 Å². The van der Waals surface area contributed by atoms with Gasteiger partial charge in [-0.2, -0.15) is 0 Å². The fourth-order valence-corrected chi connectivity index (χ4v) is 1.24. The van der Waals surface area contributed by atoms with E-state index in [1.54, 1.807) is 19.1 Å². The summed E-state index contributed by atoms with van der Waals surface area (Å²) in [5.74, 6) is -1.10. The van der Waals surface area contributed by atoms with Gasteiger partial charge in [0.25, 0.3) is 11.8 Å². The Balaban J connectivity index is 0.000000258. The van der Waals surface area contributed by atoms with E-state index in [4.69, 9.17) is 5.73 Å². The van der Waals surface area contributed by atoms with Crippen molar-refractivity contribution >= 4 is 23.3 Å². The highest BCUT2D eigenvalue weighted by Gasteiger charge is 2.21. The predicted octanol–water partition coefficient (Wildman–Crippen LogP) is 0.774. The molecule has 3 N–H and O–H groups in total. The number of rotatable bonds is 2. The molecule has 0 atom stereocenters. The van der Waals surface area contributed by atoms with Gasteiger partial charge in [0.15, 0.2) is 0 Å². The third-order valence-electron chi connectivity index (χ3n) is 2.26. The summed E-state index contributed by atoms with van der Waals surface area (Å²) in [5, 5.41) is 2.19. The summed E-state index contributed by atoms with van der Waals surface area (Å²) in [5.41, 5.74) is 6.30. The summed E-state index contributed by atoms with van der Waals surface area (Å²) < 4.78 is 0. The highest BCUT2D eigenvalue weighted by atomic mass is 16.2. The first-order valence-corrected chi connectivity index (χ1v) is 5.49. The zero-order valence-corrected chi connectivity index (χ0v) is 10.5. The van der Waals surface area contributed by atoms with Crippen LogP contribution in [0.1, 0.15) is 12.5 Å². The van der Waals surface area contributed by atoms with Gasteiger partial charge in [0.2, 0.25) is 5.91 Å². The first-order chi connectivity index (χ1) is 8.91. The molecule has 19 heavy (non-hydrogen) atoms. The predicted molar refractivity (Wildman–Crippen MR) is 71.6 cm³/mol. The normalized spacial score (nSPS) is 13.0. The van der Waals surface area contributed by atoms with Gasteiger partial charge in [0, 0.05) is 11.6 Å². The van der Waals surface area contributed by atoms with Crippen LogP contribution in [0.2, 0.25) is 0 Å². The lowest BCUT2D eigenvalue weighted by molar-refractivity contribution is -0.123. The minimum absolute atomic E-state index is 0.323. The Labute approximate surface area is 110 Å². The summed E-state index contributed by atoms with van der Waals surface area (Å²) in [7, 11) is 0. The van der Waals surface area contributed by atoms with Crippen LogP contribution in [-0.4, -0.2) is 17.7 Å². The summed E-state index contributed by atoms with van der Waals surface area (Å²) in [6, 6.07) is 9.10. The van der Waals surface area contributed by atoms with Gasteiger partial charge in [-0.3, -0.25) is 19.7 Å². The third kappa shape index (κ3) is 4.23. The molecule has 1 aliphatic rings. The maximum atomic E-state index is 11.2. The van der Waals surface area contributed by atoms with Crippen molar-refractivity contribution in [2.75, 3.05) is 0 Å². The lowest BCUT2D eigenvalue weighted by atomic mass is 10.1. The molecule has 1 aromatic carbocycles. The lowest BCUT2D eigenvalue weighted by Gasteiger charge is -1.97. The van der Waals surface area contributed by atoms with Crippen molar-refractivity contribution in [1.29, 1.82) is 0 Å². The smallest absolute Gasteiger partial charge is 0.258 e. The van der Waals surface area contributed by atoms with Crippen LogP contribution in [0.4, 0.5) is 0 Å². The maximum Gasteiger partial charge on any atom is 0.258 e. The second kappa shape index (κ2) is 6.30. The molecule has 5 heteroatoms. The van der Waals surface area contributed by atoms with Gasteiger partial charge >= 0.3 is 0 Å². The molecule has 3 amide bonds. The van der Waals surface area contributed by atoms with E-state index in [9.17, 15) is 14.4 Å². The number of imide groups is 1. The molecule has 0 bridgehead atoms. The number of carbonyl (C=O) groups excluding carboxylic acids is 3. The second-order valence-corrected chi connectivity index (χ2v) is 3.89. The number of carbonyl (C=O) groups is 3. The Bertz CT molecular complexity index is 547. The molecule has 5 nitrogen and oxygen atoms in total. The van der Waals surface area contributed by atoms with Crippen LogP contribution in [-0.2, 0) is 14.4 Å². The van der Waals surface area contributed by atoms with Crippen molar-refractivity contribution < 1.29 is 14.4 Å².